The Morgan fingerprint density at radius 1 is 1.50 bits per heavy atom. The molecule has 0 aliphatic carbocycles. The minimum absolute atomic E-state index is 0.00664. The van der Waals surface area contributed by atoms with E-state index in [0.29, 0.717) is 18.7 Å². The van der Waals surface area contributed by atoms with Gasteiger partial charge in [0.15, 0.2) is 5.84 Å². The van der Waals surface area contributed by atoms with Crippen LogP contribution in [0.1, 0.15) is 12.1 Å². The topological polar surface area (TPSA) is 72.8 Å². The smallest absolute Gasteiger partial charge is 0.409 e. The summed E-state index contributed by atoms with van der Waals surface area (Å²) in [6.07, 6.45) is -2.21. The highest BCUT2D eigenvalue weighted by Crippen LogP contribution is 2.14. The van der Waals surface area contributed by atoms with Crippen molar-refractivity contribution in [2.75, 3.05) is 13.2 Å². The van der Waals surface area contributed by atoms with Crippen LogP contribution in [0.4, 0.5) is 13.2 Å². The molecule has 1 heterocycles. The van der Waals surface area contributed by atoms with Crippen LogP contribution in [0.2, 0.25) is 0 Å². The third-order valence-corrected chi connectivity index (χ3v) is 2.15. The fourth-order valence-corrected chi connectivity index (χ4v) is 1.42. The Balaban J connectivity index is 2.34. The van der Waals surface area contributed by atoms with Crippen LogP contribution in [0.15, 0.2) is 23.5 Å². The van der Waals surface area contributed by atoms with E-state index in [1.807, 2.05) is 0 Å². The van der Waals surface area contributed by atoms with E-state index in [9.17, 15) is 13.2 Å². The molecule has 3 N–H and O–H groups in total. The molecule has 1 aromatic heterocycles. The van der Waals surface area contributed by atoms with E-state index < -0.39 is 12.8 Å². The number of oxime groups is 1. The summed E-state index contributed by atoms with van der Waals surface area (Å²) in [4.78, 5) is 0. The summed E-state index contributed by atoms with van der Waals surface area (Å²) in [5.74, 6) is -0.0452. The molecule has 1 aromatic rings. The molecule has 18 heavy (non-hydrogen) atoms. The molecule has 0 aromatic carbocycles. The molecule has 8 heteroatoms. The van der Waals surface area contributed by atoms with E-state index >= 15 is 0 Å². The fraction of sp³-hybridized carbons (Fsp3) is 0.500. The number of nitrogens with two attached hydrogens (primary N) is 1. The largest absolute Gasteiger partial charge is 0.411 e. The van der Waals surface area contributed by atoms with E-state index in [2.05, 4.69) is 9.89 Å². The lowest BCUT2D eigenvalue weighted by molar-refractivity contribution is -0.174. The highest BCUT2D eigenvalue weighted by atomic mass is 19.4. The first-order valence-electron chi connectivity index (χ1n) is 5.21. The zero-order chi connectivity index (χ0) is 13.6. The van der Waals surface area contributed by atoms with Crippen molar-refractivity contribution >= 4 is 5.84 Å². The van der Waals surface area contributed by atoms with E-state index in [4.69, 9.17) is 10.9 Å². The maximum Gasteiger partial charge on any atom is 0.411 e. The zero-order valence-electron chi connectivity index (χ0n) is 9.52. The monoisotopic (exact) mass is 265 g/mol. The molecule has 0 aliphatic heterocycles. The molecular weight excluding hydrogens is 251 g/mol. The summed E-state index contributed by atoms with van der Waals surface area (Å²) in [5.41, 5.74) is 5.93. The summed E-state index contributed by atoms with van der Waals surface area (Å²) in [6.45, 7) is -0.824. The van der Waals surface area contributed by atoms with Gasteiger partial charge in [0, 0.05) is 19.3 Å². The number of halogens is 3. The van der Waals surface area contributed by atoms with Crippen LogP contribution in [0, 0.1) is 0 Å². The van der Waals surface area contributed by atoms with Gasteiger partial charge in [-0.25, -0.2) is 0 Å². The first-order valence-corrected chi connectivity index (χ1v) is 5.21. The Hall–Kier alpha value is -1.70. The predicted molar refractivity (Wildman–Crippen MR) is 58.4 cm³/mol. The van der Waals surface area contributed by atoms with Gasteiger partial charge in [0.05, 0.1) is 5.69 Å². The van der Waals surface area contributed by atoms with E-state index in [-0.39, 0.29) is 12.4 Å². The highest BCUT2D eigenvalue weighted by Gasteiger charge is 2.27. The number of hydrogen-bond donors (Lipinski definition) is 2. The lowest BCUT2D eigenvalue weighted by Gasteiger charge is -2.09. The number of nitrogens with zero attached hydrogens (tertiary/aromatic N) is 2. The van der Waals surface area contributed by atoms with Gasteiger partial charge in [-0.3, -0.25) is 0 Å². The Kier molecular flexibility index (Phi) is 5.02. The quantitative estimate of drug-likeness (QED) is 0.269. The molecule has 0 spiro atoms. The van der Waals surface area contributed by atoms with Crippen molar-refractivity contribution in [2.24, 2.45) is 10.9 Å². The van der Waals surface area contributed by atoms with Crippen molar-refractivity contribution in [1.82, 2.24) is 4.57 Å². The van der Waals surface area contributed by atoms with Crippen LogP contribution in [-0.2, 0) is 11.3 Å². The fourth-order valence-electron chi connectivity index (χ4n) is 1.42. The van der Waals surface area contributed by atoms with Crippen molar-refractivity contribution in [3.8, 4) is 0 Å². The SMILES string of the molecule is N/C(=N/O)c1cccn1CCCOCC(F)(F)F. The van der Waals surface area contributed by atoms with Gasteiger partial charge in [0.25, 0.3) is 0 Å². The Labute approximate surface area is 102 Å². The van der Waals surface area contributed by atoms with Gasteiger partial charge in [-0.15, -0.1) is 0 Å². The third kappa shape index (κ3) is 4.66. The Morgan fingerprint density at radius 2 is 2.22 bits per heavy atom. The molecule has 1 rings (SSSR count). The maximum atomic E-state index is 11.8. The van der Waals surface area contributed by atoms with Gasteiger partial charge in [-0.05, 0) is 18.6 Å². The zero-order valence-corrected chi connectivity index (χ0v) is 9.52. The molecule has 5 nitrogen and oxygen atoms in total. The molecule has 102 valence electrons. The molecule has 0 radical (unpaired) electrons. The Morgan fingerprint density at radius 3 is 2.83 bits per heavy atom. The van der Waals surface area contributed by atoms with E-state index in [1.54, 1.807) is 22.9 Å². The number of rotatable bonds is 6. The van der Waals surface area contributed by atoms with Crippen LogP contribution in [-0.4, -0.2) is 35.0 Å². The number of amidine groups is 1. The summed E-state index contributed by atoms with van der Waals surface area (Å²) in [6, 6.07) is 3.34. The van der Waals surface area contributed by atoms with Crippen LogP contribution < -0.4 is 5.73 Å². The van der Waals surface area contributed by atoms with Crippen LogP contribution in [0.3, 0.4) is 0 Å². The molecule has 0 saturated carbocycles. The lowest BCUT2D eigenvalue weighted by atomic mass is 10.4. The maximum absolute atomic E-state index is 11.8. The molecule has 0 fully saturated rings. The van der Waals surface area contributed by atoms with Gasteiger partial charge in [-0.1, -0.05) is 5.16 Å². The van der Waals surface area contributed by atoms with E-state index in [0.717, 1.165) is 0 Å². The first-order chi connectivity index (χ1) is 8.44. The van der Waals surface area contributed by atoms with Crippen LogP contribution >= 0.6 is 0 Å². The average molecular weight is 265 g/mol. The van der Waals surface area contributed by atoms with Gasteiger partial charge in [0.1, 0.15) is 6.61 Å². The predicted octanol–water partition coefficient (Wildman–Crippen LogP) is 1.55. The highest BCUT2D eigenvalue weighted by molar-refractivity contribution is 5.95. The molecule has 0 saturated heterocycles. The van der Waals surface area contributed by atoms with Crippen molar-refractivity contribution in [1.29, 1.82) is 0 Å². The average Bonchev–Trinajstić information content (AvgIpc) is 2.74. The summed E-state index contributed by atoms with van der Waals surface area (Å²) >= 11 is 0. The van der Waals surface area contributed by atoms with E-state index in [1.165, 1.54) is 0 Å². The molecule has 0 amide bonds. The second-order valence-electron chi connectivity index (χ2n) is 3.59. The number of ether oxygens (including phenoxy) is 1. The molecule has 0 aliphatic rings. The first kappa shape index (κ1) is 14.4. The van der Waals surface area contributed by atoms with Gasteiger partial charge in [-0.2, -0.15) is 13.2 Å². The number of aryl methyl sites for hydroxylation is 1. The summed E-state index contributed by atoms with van der Waals surface area (Å²) in [5, 5.41) is 11.4. The molecular formula is C10H14F3N3O2. The minimum Gasteiger partial charge on any atom is -0.409 e. The Bertz CT molecular complexity index is 401. The van der Waals surface area contributed by atoms with Crippen LogP contribution in [0.5, 0.6) is 0 Å². The van der Waals surface area contributed by atoms with Crippen molar-refractivity contribution in [3.63, 3.8) is 0 Å². The second kappa shape index (κ2) is 6.29. The van der Waals surface area contributed by atoms with Gasteiger partial charge in [0.2, 0.25) is 0 Å². The second-order valence-corrected chi connectivity index (χ2v) is 3.59. The normalized spacial score (nSPS) is 12.9. The summed E-state index contributed by atoms with van der Waals surface area (Å²) < 4.78 is 41.5. The third-order valence-electron chi connectivity index (χ3n) is 2.15. The number of alkyl halides is 3. The van der Waals surface area contributed by atoms with Gasteiger partial charge < -0.3 is 20.2 Å². The minimum atomic E-state index is -4.30. The van der Waals surface area contributed by atoms with Crippen molar-refractivity contribution in [2.45, 2.75) is 19.1 Å². The number of hydrogen-bond acceptors (Lipinski definition) is 3. The number of aromatic nitrogens is 1. The van der Waals surface area contributed by atoms with Crippen molar-refractivity contribution < 1.29 is 23.1 Å². The molecule has 0 unspecified atom stereocenters. The molecule has 0 atom stereocenters. The standard InChI is InChI=1S/C10H14F3N3O2/c11-10(12,13)7-18-6-2-5-16-4-1-3-8(16)9(14)15-17/h1,3-4,17H,2,5-7H2,(H2,14,15). The van der Waals surface area contributed by atoms with Gasteiger partial charge >= 0.3 is 6.18 Å². The molecule has 0 bridgehead atoms. The van der Waals surface area contributed by atoms with Crippen LogP contribution in [0.25, 0.3) is 0 Å². The summed E-state index contributed by atoms with van der Waals surface area (Å²) in [7, 11) is 0. The lowest BCUT2D eigenvalue weighted by Crippen LogP contribution is -2.20. The van der Waals surface area contributed by atoms with Crippen molar-refractivity contribution in [3.05, 3.63) is 24.0 Å².